The smallest absolute Gasteiger partial charge is 0.328 e. The highest BCUT2D eigenvalue weighted by Crippen LogP contribution is 2.05. The van der Waals surface area contributed by atoms with Gasteiger partial charge < -0.3 is 16.2 Å². The quantitative estimate of drug-likeness (QED) is 0.513. The van der Waals surface area contributed by atoms with Gasteiger partial charge in [0.2, 0.25) is 5.91 Å². The number of anilines is 1. The van der Waals surface area contributed by atoms with Crippen LogP contribution in [0.4, 0.5) is 5.69 Å². The maximum Gasteiger partial charge on any atom is 0.328 e. The van der Waals surface area contributed by atoms with Crippen molar-refractivity contribution < 1.29 is 14.7 Å². The van der Waals surface area contributed by atoms with Crippen molar-refractivity contribution in [1.29, 1.82) is 0 Å². The molecule has 90 valence electrons. The molecule has 0 aliphatic rings. The lowest BCUT2D eigenvalue weighted by Gasteiger charge is -2.03. The van der Waals surface area contributed by atoms with Crippen LogP contribution in [0.2, 0.25) is 0 Å². The summed E-state index contributed by atoms with van der Waals surface area (Å²) in [4.78, 5) is 21.3. The maximum absolute atomic E-state index is 11.1. The van der Waals surface area contributed by atoms with E-state index in [2.05, 4.69) is 5.32 Å². The van der Waals surface area contributed by atoms with Crippen LogP contribution in [0.5, 0.6) is 0 Å². The zero-order valence-electron chi connectivity index (χ0n) is 9.22. The molecule has 0 radical (unpaired) electrons. The zero-order chi connectivity index (χ0) is 12.7. The predicted octanol–water partition coefficient (Wildman–Crippen LogP) is 0.568. The first-order valence-electron chi connectivity index (χ1n) is 5.11. The van der Waals surface area contributed by atoms with Crippen LogP contribution >= 0.6 is 0 Å². The average Bonchev–Trinajstić information content (AvgIpc) is 2.29. The number of aliphatic carboxylic acids is 1. The molecule has 0 atom stereocenters. The monoisotopic (exact) mass is 234 g/mol. The molecule has 0 fully saturated rings. The van der Waals surface area contributed by atoms with Crippen LogP contribution in [0, 0.1) is 0 Å². The molecule has 0 aliphatic heterocycles. The first-order valence-corrected chi connectivity index (χ1v) is 5.11. The number of nitrogens with two attached hydrogens (primary N) is 1. The summed E-state index contributed by atoms with van der Waals surface area (Å²) in [5, 5.41) is 10.9. The lowest BCUT2D eigenvalue weighted by atomic mass is 10.1. The molecule has 0 saturated heterocycles. The summed E-state index contributed by atoms with van der Waals surface area (Å²) in [7, 11) is 0. The Balaban J connectivity index is 2.30. The second-order valence-electron chi connectivity index (χ2n) is 3.45. The van der Waals surface area contributed by atoms with Gasteiger partial charge in [-0.1, -0.05) is 12.1 Å². The van der Waals surface area contributed by atoms with Gasteiger partial charge in [-0.15, -0.1) is 0 Å². The summed E-state index contributed by atoms with van der Waals surface area (Å²) in [6, 6.07) is 7.35. The fourth-order valence-electron chi connectivity index (χ4n) is 1.22. The lowest BCUT2D eigenvalue weighted by Crippen LogP contribution is -2.23. The van der Waals surface area contributed by atoms with Gasteiger partial charge in [0.15, 0.2) is 0 Å². The van der Waals surface area contributed by atoms with E-state index < -0.39 is 11.9 Å². The van der Waals surface area contributed by atoms with Crippen molar-refractivity contribution in [2.75, 3.05) is 12.3 Å². The normalized spacial score (nSPS) is 10.4. The Kier molecular flexibility index (Phi) is 4.75. The van der Waals surface area contributed by atoms with Crippen molar-refractivity contribution in [1.82, 2.24) is 5.32 Å². The molecule has 0 aliphatic carbocycles. The van der Waals surface area contributed by atoms with Gasteiger partial charge in [0.1, 0.15) is 0 Å². The van der Waals surface area contributed by atoms with E-state index in [1.54, 1.807) is 12.1 Å². The number of carbonyl (C=O) groups excluding carboxylic acids is 1. The van der Waals surface area contributed by atoms with Crippen molar-refractivity contribution >= 4 is 17.6 Å². The molecule has 0 heterocycles. The van der Waals surface area contributed by atoms with Crippen LogP contribution in [0.25, 0.3) is 0 Å². The number of amides is 1. The fraction of sp³-hybridized carbons (Fsp3) is 0.167. The fourth-order valence-corrected chi connectivity index (χ4v) is 1.22. The van der Waals surface area contributed by atoms with Crippen molar-refractivity contribution in [2.24, 2.45) is 0 Å². The van der Waals surface area contributed by atoms with Crippen LogP contribution in [-0.4, -0.2) is 23.5 Å². The van der Waals surface area contributed by atoms with Crippen LogP contribution < -0.4 is 11.1 Å². The number of carboxylic acids is 1. The number of nitrogens with one attached hydrogen (secondary N) is 1. The molecule has 1 aromatic carbocycles. The number of benzene rings is 1. The SMILES string of the molecule is Nc1ccc(CCNC(=O)/C=C\C(=O)O)cc1. The summed E-state index contributed by atoms with van der Waals surface area (Å²) >= 11 is 0. The molecule has 0 spiro atoms. The maximum atomic E-state index is 11.1. The number of carbonyl (C=O) groups is 2. The topological polar surface area (TPSA) is 92.4 Å². The summed E-state index contributed by atoms with van der Waals surface area (Å²) in [5.41, 5.74) is 7.29. The Hall–Kier alpha value is -2.30. The number of rotatable bonds is 5. The third-order valence-corrected chi connectivity index (χ3v) is 2.07. The van der Waals surface area contributed by atoms with Gasteiger partial charge in [-0.3, -0.25) is 4.79 Å². The van der Waals surface area contributed by atoms with E-state index in [1.807, 2.05) is 12.1 Å². The Labute approximate surface area is 98.9 Å². The molecule has 4 N–H and O–H groups in total. The van der Waals surface area contributed by atoms with Crippen molar-refractivity contribution in [3.8, 4) is 0 Å². The second-order valence-corrected chi connectivity index (χ2v) is 3.45. The van der Waals surface area contributed by atoms with Gasteiger partial charge in [0, 0.05) is 24.4 Å². The van der Waals surface area contributed by atoms with E-state index in [-0.39, 0.29) is 0 Å². The summed E-state index contributed by atoms with van der Waals surface area (Å²) in [5.74, 6) is -1.55. The Bertz CT molecular complexity index is 424. The molecule has 1 rings (SSSR count). The number of hydrogen-bond donors (Lipinski definition) is 3. The third-order valence-electron chi connectivity index (χ3n) is 2.07. The molecular formula is C12H14N2O3. The van der Waals surface area contributed by atoms with Crippen LogP contribution in [0.3, 0.4) is 0 Å². The van der Waals surface area contributed by atoms with Crippen LogP contribution in [0.15, 0.2) is 36.4 Å². The molecule has 5 nitrogen and oxygen atoms in total. The number of nitrogen functional groups attached to an aromatic ring is 1. The van der Waals surface area contributed by atoms with E-state index in [0.717, 1.165) is 17.7 Å². The Morgan fingerprint density at radius 3 is 2.47 bits per heavy atom. The third kappa shape index (κ3) is 5.36. The Morgan fingerprint density at radius 1 is 1.24 bits per heavy atom. The summed E-state index contributed by atoms with van der Waals surface area (Å²) < 4.78 is 0. The van der Waals surface area contributed by atoms with E-state index >= 15 is 0 Å². The van der Waals surface area contributed by atoms with E-state index in [4.69, 9.17) is 10.8 Å². The minimum atomic E-state index is -1.14. The van der Waals surface area contributed by atoms with E-state index in [0.29, 0.717) is 18.7 Å². The highest BCUT2D eigenvalue weighted by molar-refractivity contribution is 5.93. The summed E-state index contributed by atoms with van der Waals surface area (Å²) in [6.45, 7) is 0.451. The van der Waals surface area contributed by atoms with Crippen molar-refractivity contribution in [3.05, 3.63) is 42.0 Å². The molecule has 0 aromatic heterocycles. The molecule has 5 heteroatoms. The molecule has 1 aromatic rings. The van der Waals surface area contributed by atoms with Crippen LogP contribution in [-0.2, 0) is 16.0 Å². The van der Waals surface area contributed by atoms with E-state index in [1.165, 1.54) is 0 Å². The first kappa shape index (κ1) is 12.8. The molecule has 0 saturated carbocycles. The van der Waals surface area contributed by atoms with Crippen molar-refractivity contribution in [3.63, 3.8) is 0 Å². The van der Waals surface area contributed by atoms with Gasteiger partial charge in [0.05, 0.1) is 0 Å². The highest BCUT2D eigenvalue weighted by Gasteiger charge is 1.97. The average molecular weight is 234 g/mol. The van der Waals surface area contributed by atoms with Crippen molar-refractivity contribution in [2.45, 2.75) is 6.42 Å². The standard InChI is InChI=1S/C12H14N2O3/c13-10-3-1-9(2-4-10)7-8-14-11(15)5-6-12(16)17/h1-6H,7-8,13H2,(H,14,15)(H,16,17)/b6-5-. The minimum Gasteiger partial charge on any atom is -0.478 e. The zero-order valence-corrected chi connectivity index (χ0v) is 9.22. The summed E-state index contributed by atoms with van der Waals surface area (Å²) in [6.07, 6.45) is 2.47. The molecule has 17 heavy (non-hydrogen) atoms. The minimum absolute atomic E-state index is 0.414. The second kappa shape index (κ2) is 6.32. The van der Waals surface area contributed by atoms with Gasteiger partial charge >= 0.3 is 5.97 Å². The molecule has 0 bridgehead atoms. The van der Waals surface area contributed by atoms with E-state index in [9.17, 15) is 9.59 Å². The largest absolute Gasteiger partial charge is 0.478 e. The predicted molar refractivity (Wildman–Crippen MR) is 64.3 cm³/mol. The van der Waals surface area contributed by atoms with Gasteiger partial charge in [0.25, 0.3) is 0 Å². The highest BCUT2D eigenvalue weighted by atomic mass is 16.4. The number of hydrogen-bond acceptors (Lipinski definition) is 3. The lowest BCUT2D eigenvalue weighted by molar-refractivity contribution is -0.131. The number of carboxylic acid groups (broad SMARTS) is 1. The van der Waals surface area contributed by atoms with Crippen LogP contribution in [0.1, 0.15) is 5.56 Å². The first-order chi connectivity index (χ1) is 8.08. The van der Waals surface area contributed by atoms with Gasteiger partial charge in [-0.25, -0.2) is 4.79 Å². The molecule has 1 amide bonds. The van der Waals surface area contributed by atoms with Gasteiger partial charge in [-0.2, -0.15) is 0 Å². The Morgan fingerprint density at radius 2 is 1.88 bits per heavy atom. The molecular weight excluding hydrogens is 220 g/mol. The molecule has 0 unspecified atom stereocenters. The van der Waals surface area contributed by atoms with Gasteiger partial charge in [-0.05, 0) is 24.1 Å².